The fourth-order valence-corrected chi connectivity index (χ4v) is 0.370. The maximum Gasteiger partial charge on any atom is 0.334 e. The van der Waals surface area contributed by atoms with Gasteiger partial charge in [-0.05, 0) is 0 Å². The van der Waals surface area contributed by atoms with Crippen LogP contribution < -0.4 is 21.5 Å². The minimum atomic E-state index is -0.436. The van der Waals surface area contributed by atoms with Gasteiger partial charge in [0, 0.05) is 14.1 Å². The van der Waals surface area contributed by atoms with Gasteiger partial charge in [-0.25, -0.2) is 20.4 Å². The zero-order valence-corrected chi connectivity index (χ0v) is 7.87. The highest BCUT2D eigenvalue weighted by Crippen LogP contribution is 1.62. The molecule has 0 aromatic heterocycles. The second kappa shape index (κ2) is 7.53. The first-order valence-corrected chi connectivity index (χ1v) is 3.71. The van der Waals surface area contributed by atoms with E-state index in [0.717, 1.165) is 0 Å². The zero-order chi connectivity index (χ0) is 10.8. The van der Waals surface area contributed by atoms with Crippen molar-refractivity contribution < 1.29 is 9.59 Å². The minimum Gasteiger partial charge on any atom is -0.340 e. The number of hydrogen-bond donors (Lipinski definition) is 4. The molecular weight excluding hydrogens is 188 g/mol. The molecule has 0 rings (SSSR count). The van der Waals surface area contributed by atoms with E-state index in [2.05, 4.69) is 31.7 Å². The summed E-state index contributed by atoms with van der Waals surface area (Å²) in [5.41, 5.74) is 4.27. The number of hydrazone groups is 2. The Labute approximate surface area is 80.8 Å². The van der Waals surface area contributed by atoms with Crippen molar-refractivity contribution in [1.82, 2.24) is 21.5 Å². The van der Waals surface area contributed by atoms with E-state index in [1.807, 2.05) is 0 Å². The molecule has 0 atom stereocenters. The Morgan fingerprint density at radius 3 is 1.57 bits per heavy atom. The van der Waals surface area contributed by atoms with Crippen molar-refractivity contribution in [3.8, 4) is 0 Å². The third-order valence-electron chi connectivity index (χ3n) is 1.00. The molecular formula is C6H12N6O2. The first-order valence-electron chi connectivity index (χ1n) is 3.71. The number of carbonyl (C=O) groups is 2. The molecule has 4 N–H and O–H groups in total. The van der Waals surface area contributed by atoms with Crippen LogP contribution >= 0.6 is 0 Å². The summed E-state index contributed by atoms with van der Waals surface area (Å²) >= 11 is 0. The molecule has 0 bridgehead atoms. The minimum absolute atomic E-state index is 0.436. The predicted molar refractivity (Wildman–Crippen MR) is 52.2 cm³/mol. The van der Waals surface area contributed by atoms with Crippen LogP contribution in [0.25, 0.3) is 0 Å². The summed E-state index contributed by atoms with van der Waals surface area (Å²) in [6.45, 7) is 0. The first kappa shape index (κ1) is 11.9. The third-order valence-corrected chi connectivity index (χ3v) is 1.00. The molecule has 0 radical (unpaired) electrons. The van der Waals surface area contributed by atoms with E-state index in [1.165, 1.54) is 26.5 Å². The second-order valence-electron chi connectivity index (χ2n) is 1.94. The quantitative estimate of drug-likeness (QED) is 0.340. The topological polar surface area (TPSA) is 107 Å². The SMILES string of the molecule is CNC(=O)N/N=C/C=N/NC(=O)NC. The third kappa shape index (κ3) is 6.58. The predicted octanol–water partition coefficient (Wildman–Crippen LogP) is -1.18. The van der Waals surface area contributed by atoms with Gasteiger partial charge in [-0.1, -0.05) is 0 Å². The highest BCUT2D eigenvalue weighted by molar-refractivity contribution is 6.16. The van der Waals surface area contributed by atoms with Crippen molar-refractivity contribution in [3.63, 3.8) is 0 Å². The Morgan fingerprint density at radius 2 is 1.29 bits per heavy atom. The Bertz CT molecular complexity index is 223. The van der Waals surface area contributed by atoms with Gasteiger partial charge in [0.15, 0.2) is 0 Å². The smallest absolute Gasteiger partial charge is 0.334 e. The van der Waals surface area contributed by atoms with Gasteiger partial charge < -0.3 is 10.6 Å². The summed E-state index contributed by atoms with van der Waals surface area (Å²) in [4.78, 5) is 21.1. The van der Waals surface area contributed by atoms with E-state index in [-0.39, 0.29) is 0 Å². The standard InChI is InChI=1S/C6H12N6O2/c1-7-5(13)11-9-3-4-10-12-6(14)8-2/h3-4H,1-2H3,(H2,7,11,13)(H2,8,12,14)/b9-3+,10-4+. The number of nitrogens with one attached hydrogen (secondary N) is 4. The van der Waals surface area contributed by atoms with Crippen LogP contribution in [0.4, 0.5) is 9.59 Å². The first-order chi connectivity index (χ1) is 6.70. The molecule has 4 amide bonds. The van der Waals surface area contributed by atoms with Gasteiger partial charge in [-0.3, -0.25) is 0 Å². The van der Waals surface area contributed by atoms with E-state index < -0.39 is 12.1 Å². The number of urea groups is 2. The summed E-state index contributed by atoms with van der Waals surface area (Å²) in [6, 6.07) is -0.872. The van der Waals surface area contributed by atoms with Gasteiger partial charge in [0.25, 0.3) is 0 Å². The van der Waals surface area contributed by atoms with Crippen LogP contribution in [-0.4, -0.2) is 38.6 Å². The number of nitrogens with zero attached hydrogens (tertiary/aromatic N) is 2. The Kier molecular flexibility index (Phi) is 6.39. The lowest BCUT2D eigenvalue weighted by Gasteiger charge is -1.94. The van der Waals surface area contributed by atoms with Crippen LogP contribution in [-0.2, 0) is 0 Å². The van der Waals surface area contributed by atoms with Crippen LogP contribution in [0.15, 0.2) is 10.2 Å². The van der Waals surface area contributed by atoms with Crippen molar-refractivity contribution in [2.75, 3.05) is 14.1 Å². The van der Waals surface area contributed by atoms with Gasteiger partial charge in [0.1, 0.15) is 0 Å². The van der Waals surface area contributed by atoms with Crippen LogP contribution in [0, 0.1) is 0 Å². The number of rotatable bonds is 3. The fraction of sp³-hybridized carbons (Fsp3) is 0.333. The molecule has 0 aliphatic heterocycles. The molecule has 0 saturated carbocycles. The molecule has 0 aliphatic carbocycles. The van der Waals surface area contributed by atoms with Gasteiger partial charge in [-0.15, -0.1) is 0 Å². The Morgan fingerprint density at radius 1 is 0.929 bits per heavy atom. The molecule has 0 saturated heterocycles. The molecule has 0 aromatic carbocycles. The van der Waals surface area contributed by atoms with Crippen molar-refractivity contribution >= 4 is 24.5 Å². The number of hydrogen-bond acceptors (Lipinski definition) is 4. The summed E-state index contributed by atoms with van der Waals surface area (Å²) in [6.07, 6.45) is 2.43. The maximum absolute atomic E-state index is 10.5. The lowest BCUT2D eigenvalue weighted by Crippen LogP contribution is -2.29. The normalized spacial score (nSPS) is 10.1. The molecule has 0 fully saturated rings. The van der Waals surface area contributed by atoms with Crippen molar-refractivity contribution in [1.29, 1.82) is 0 Å². The summed E-state index contributed by atoms with van der Waals surface area (Å²) in [5.74, 6) is 0. The molecule has 0 unspecified atom stereocenters. The molecule has 0 aliphatic rings. The highest BCUT2D eigenvalue weighted by atomic mass is 16.2. The number of amides is 4. The molecule has 78 valence electrons. The molecule has 8 nitrogen and oxygen atoms in total. The average Bonchev–Trinajstić information content (AvgIpc) is 2.22. The van der Waals surface area contributed by atoms with E-state index in [0.29, 0.717) is 0 Å². The number of carbonyl (C=O) groups excluding carboxylic acids is 2. The van der Waals surface area contributed by atoms with Gasteiger partial charge in [0.2, 0.25) is 0 Å². The Hall–Kier alpha value is -2.12. The molecule has 0 heterocycles. The fourth-order valence-electron chi connectivity index (χ4n) is 0.370. The molecule has 8 heteroatoms. The largest absolute Gasteiger partial charge is 0.340 e. The van der Waals surface area contributed by atoms with Gasteiger partial charge >= 0.3 is 12.1 Å². The molecule has 14 heavy (non-hydrogen) atoms. The van der Waals surface area contributed by atoms with Crippen molar-refractivity contribution in [2.45, 2.75) is 0 Å². The van der Waals surface area contributed by atoms with E-state index in [1.54, 1.807) is 0 Å². The van der Waals surface area contributed by atoms with E-state index in [4.69, 9.17) is 0 Å². The Balaban J connectivity index is 3.60. The van der Waals surface area contributed by atoms with Gasteiger partial charge in [-0.2, -0.15) is 10.2 Å². The lowest BCUT2D eigenvalue weighted by molar-refractivity contribution is 0.242. The monoisotopic (exact) mass is 200 g/mol. The second-order valence-corrected chi connectivity index (χ2v) is 1.94. The van der Waals surface area contributed by atoms with Crippen LogP contribution in [0.1, 0.15) is 0 Å². The highest BCUT2D eigenvalue weighted by Gasteiger charge is 1.88. The molecule has 0 spiro atoms. The summed E-state index contributed by atoms with van der Waals surface area (Å²) in [5, 5.41) is 11.5. The zero-order valence-electron chi connectivity index (χ0n) is 7.87. The van der Waals surface area contributed by atoms with E-state index >= 15 is 0 Å². The van der Waals surface area contributed by atoms with Gasteiger partial charge in [0.05, 0.1) is 12.4 Å². The van der Waals surface area contributed by atoms with Crippen LogP contribution in [0.5, 0.6) is 0 Å². The summed E-state index contributed by atoms with van der Waals surface area (Å²) < 4.78 is 0. The van der Waals surface area contributed by atoms with Crippen LogP contribution in [0.3, 0.4) is 0 Å². The average molecular weight is 200 g/mol. The van der Waals surface area contributed by atoms with Crippen molar-refractivity contribution in [2.24, 2.45) is 10.2 Å². The van der Waals surface area contributed by atoms with Crippen LogP contribution in [0.2, 0.25) is 0 Å². The maximum atomic E-state index is 10.5. The van der Waals surface area contributed by atoms with E-state index in [9.17, 15) is 9.59 Å². The lowest BCUT2D eigenvalue weighted by atomic mass is 10.8. The van der Waals surface area contributed by atoms with Crippen molar-refractivity contribution in [3.05, 3.63) is 0 Å². The summed E-state index contributed by atoms with van der Waals surface area (Å²) in [7, 11) is 2.93. The molecule has 0 aromatic rings.